The summed E-state index contributed by atoms with van der Waals surface area (Å²) in [4.78, 5) is 22.9. The van der Waals surface area contributed by atoms with Crippen LogP contribution in [0.15, 0.2) is 23.0 Å². The van der Waals surface area contributed by atoms with E-state index >= 15 is 0 Å². The highest BCUT2D eigenvalue weighted by Gasteiger charge is 2.25. The summed E-state index contributed by atoms with van der Waals surface area (Å²) in [5, 5.41) is 12.9. The highest BCUT2D eigenvalue weighted by molar-refractivity contribution is 5.81. The van der Waals surface area contributed by atoms with Gasteiger partial charge in [0.1, 0.15) is 5.69 Å². The second kappa shape index (κ2) is 5.23. The molecule has 0 fully saturated rings. The topological polar surface area (TPSA) is 72.2 Å². The van der Waals surface area contributed by atoms with Crippen LogP contribution in [-0.4, -0.2) is 20.9 Å². The van der Waals surface area contributed by atoms with E-state index in [1.807, 2.05) is 0 Å². The van der Waals surface area contributed by atoms with Gasteiger partial charge in [0, 0.05) is 24.4 Å². The Labute approximate surface area is 118 Å². The average Bonchev–Trinajstić information content (AvgIpc) is 2.40. The number of carboxylic acids is 1. The summed E-state index contributed by atoms with van der Waals surface area (Å²) in [7, 11) is 0. The molecule has 1 heterocycles. The normalized spacial score (nSPS) is 11.8. The van der Waals surface area contributed by atoms with Crippen molar-refractivity contribution in [1.29, 1.82) is 0 Å². The second-order valence-corrected chi connectivity index (χ2v) is 4.78. The first-order valence-electron chi connectivity index (χ1n) is 6.38. The molecule has 1 aromatic heterocycles. The maximum atomic E-state index is 13.4. The van der Waals surface area contributed by atoms with Gasteiger partial charge >= 0.3 is 5.97 Å². The second-order valence-electron chi connectivity index (χ2n) is 4.78. The van der Waals surface area contributed by atoms with E-state index in [0.717, 1.165) is 6.92 Å². The van der Waals surface area contributed by atoms with Crippen LogP contribution in [0.3, 0.4) is 0 Å². The number of halogens is 2. The molecule has 0 atom stereocenters. The third kappa shape index (κ3) is 2.91. The van der Waals surface area contributed by atoms with Crippen LogP contribution in [0.5, 0.6) is 0 Å². The fourth-order valence-corrected chi connectivity index (χ4v) is 2.11. The van der Waals surface area contributed by atoms with Gasteiger partial charge in [0.2, 0.25) is 5.43 Å². The van der Waals surface area contributed by atoms with Gasteiger partial charge in [0.15, 0.2) is 0 Å². The highest BCUT2D eigenvalue weighted by atomic mass is 19.3. The minimum atomic E-state index is -3.03. The molecule has 21 heavy (non-hydrogen) atoms. The predicted octanol–water partition coefficient (Wildman–Crippen LogP) is 2.16. The van der Waals surface area contributed by atoms with Gasteiger partial charge in [0.25, 0.3) is 5.92 Å². The fraction of sp³-hybridized carbons (Fsp3) is 0.357. The van der Waals surface area contributed by atoms with E-state index < -0.39 is 23.7 Å². The van der Waals surface area contributed by atoms with E-state index in [1.165, 1.54) is 22.9 Å². The number of rotatable bonds is 4. The Balaban J connectivity index is 2.76. The van der Waals surface area contributed by atoms with Gasteiger partial charge in [0.05, 0.1) is 11.9 Å². The van der Waals surface area contributed by atoms with Crippen molar-refractivity contribution in [2.24, 2.45) is 0 Å². The lowest BCUT2D eigenvalue weighted by molar-refractivity contribution is -0.136. The van der Waals surface area contributed by atoms with Gasteiger partial charge in [-0.1, -0.05) is 6.07 Å². The minimum absolute atomic E-state index is 0.104. The van der Waals surface area contributed by atoms with Crippen LogP contribution in [0.2, 0.25) is 0 Å². The summed E-state index contributed by atoms with van der Waals surface area (Å²) in [6.07, 6.45) is -0.500. The van der Waals surface area contributed by atoms with Crippen molar-refractivity contribution in [3.05, 3.63) is 39.7 Å². The maximum absolute atomic E-state index is 13.4. The van der Waals surface area contributed by atoms with Gasteiger partial charge < -0.3 is 5.11 Å². The van der Waals surface area contributed by atoms with Crippen LogP contribution >= 0.6 is 0 Å². The van der Waals surface area contributed by atoms with Crippen LogP contribution in [0, 0.1) is 0 Å². The molecule has 2 aromatic rings. The molecule has 1 N–H and O–H groups in total. The Morgan fingerprint density at radius 1 is 1.43 bits per heavy atom. The summed E-state index contributed by atoms with van der Waals surface area (Å²) < 4.78 is 28.1. The summed E-state index contributed by atoms with van der Waals surface area (Å²) in [6.45, 7) is 2.84. The standard InChI is InChI=1S/C14H14F2N2O3/c1-3-18-11-6-8(14(2,15)16)4-5-9(11)13(21)10(17-18)7-12(19)20/h4-6H,3,7H2,1-2H3,(H,19,20). The smallest absolute Gasteiger partial charge is 0.309 e. The van der Waals surface area contributed by atoms with Gasteiger partial charge in [-0.25, -0.2) is 8.78 Å². The number of nitrogens with zero attached hydrogens (tertiary/aromatic N) is 2. The Morgan fingerprint density at radius 2 is 2.10 bits per heavy atom. The zero-order valence-corrected chi connectivity index (χ0v) is 11.6. The third-order valence-corrected chi connectivity index (χ3v) is 3.15. The fourth-order valence-electron chi connectivity index (χ4n) is 2.11. The zero-order valence-electron chi connectivity index (χ0n) is 11.6. The highest BCUT2D eigenvalue weighted by Crippen LogP contribution is 2.28. The molecule has 0 saturated heterocycles. The number of carbonyl (C=O) groups is 1. The SMILES string of the molecule is CCn1nc(CC(=O)O)c(=O)c2ccc(C(C)(F)F)cc21. The summed E-state index contributed by atoms with van der Waals surface area (Å²) in [5.41, 5.74) is -0.587. The molecule has 0 bridgehead atoms. The molecule has 0 amide bonds. The molecule has 0 spiro atoms. The van der Waals surface area contributed by atoms with Crippen molar-refractivity contribution in [3.63, 3.8) is 0 Å². The number of alkyl halides is 2. The Hall–Kier alpha value is -2.31. The predicted molar refractivity (Wildman–Crippen MR) is 72.6 cm³/mol. The lowest BCUT2D eigenvalue weighted by atomic mass is 10.1. The molecule has 0 unspecified atom stereocenters. The molecule has 0 aliphatic heterocycles. The first-order valence-corrected chi connectivity index (χ1v) is 6.38. The monoisotopic (exact) mass is 296 g/mol. The van der Waals surface area contributed by atoms with Crippen LogP contribution in [0.1, 0.15) is 25.1 Å². The van der Waals surface area contributed by atoms with Crippen LogP contribution in [-0.2, 0) is 23.7 Å². The number of aryl methyl sites for hydroxylation is 1. The maximum Gasteiger partial charge on any atom is 0.309 e. The van der Waals surface area contributed by atoms with Gasteiger partial charge in [-0.3, -0.25) is 14.3 Å². The summed E-state index contributed by atoms with van der Waals surface area (Å²) >= 11 is 0. The lowest BCUT2D eigenvalue weighted by Crippen LogP contribution is -2.22. The van der Waals surface area contributed by atoms with Crippen LogP contribution < -0.4 is 5.43 Å². The van der Waals surface area contributed by atoms with Crippen LogP contribution in [0.4, 0.5) is 8.78 Å². The molecule has 0 radical (unpaired) electrons. The number of carboxylic acid groups (broad SMARTS) is 1. The van der Waals surface area contributed by atoms with Crippen molar-refractivity contribution in [2.45, 2.75) is 32.7 Å². The molecular formula is C14H14F2N2O3. The summed E-state index contributed by atoms with van der Waals surface area (Å²) in [5.74, 6) is -4.19. The number of hydrogen-bond donors (Lipinski definition) is 1. The van der Waals surface area contributed by atoms with Gasteiger partial charge in [-0.15, -0.1) is 0 Å². The third-order valence-electron chi connectivity index (χ3n) is 3.15. The summed E-state index contributed by atoms with van der Waals surface area (Å²) in [6, 6.07) is 3.69. The first-order chi connectivity index (χ1) is 9.74. The van der Waals surface area contributed by atoms with E-state index in [2.05, 4.69) is 5.10 Å². The molecule has 5 nitrogen and oxygen atoms in total. The molecule has 0 aliphatic carbocycles. The van der Waals surface area contributed by atoms with E-state index in [0.29, 0.717) is 6.54 Å². The largest absolute Gasteiger partial charge is 0.481 e. The number of aliphatic carboxylic acids is 1. The van der Waals surface area contributed by atoms with E-state index in [-0.39, 0.29) is 22.2 Å². The molecular weight excluding hydrogens is 282 g/mol. The Bertz CT molecular complexity index is 763. The Morgan fingerprint density at radius 3 is 2.62 bits per heavy atom. The molecule has 2 rings (SSSR count). The van der Waals surface area contributed by atoms with Gasteiger partial charge in [-0.2, -0.15) is 5.10 Å². The van der Waals surface area contributed by atoms with Crippen molar-refractivity contribution in [1.82, 2.24) is 9.78 Å². The molecule has 0 saturated carbocycles. The molecule has 0 aliphatic rings. The van der Waals surface area contributed by atoms with E-state index in [4.69, 9.17) is 5.11 Å². The first kappa shape index (κ1) is 15.1. The average molecular weight is 296 g/mol. The van der Waals surface area contributed by atoms with Crippen molar-refractivity contribution < 1.29 is 18.7 Å². The van der Waals surface area contributed by atoms with E-state index in [1.54, 1.807) is 6.92 Å². The number of hydrogen-bond acceptors (Lipinski definition) is 3. The molecule has 112 valence electrons. The zero-order chi connectivity index (χ0) is 15.8. The van der Waals surface area contributed by atoms with Crippen LogP contribution in [0.25, 0.3) is 10.9 Å². The molecule has 7 heteroatoms. The molecule has 1 aromatic carbocycles. The number of fused-ring (bicyclic) bond motifs is 1. The number of aromatic nitrogens is 2. The van der Waals surface area contributed by atoms with Crippen molar-refractivity contribution in [2.75, 3.05) is 0 Å². The van der Waals surface area contributed by atoms with Crippen molar-refractivity contribution >= 4 is 16.9 Å². The Kier molecular flexibility index (Phi) is 3.76. The van der Waals surface area contributed by atoms with Gasteiger partial charge in [-0.05, 0) is 19.1 Å². The van der Waals surface area contributed by atoms with E-state index in [9.17, 15) is 18.4 Å². The quantitative estimate of drug-likeness (QED) is 0.938. The number of benzene rings is 1. The van der Waals surface area contributed by atoms with Crippen molar-refractivity contribution in [3.8, 4) is 0 Å². The lowest BCUT2D eigenvalue weighted by Gasteiger charge is -2.14. The minimum Gasteiger partial charge on any atom is -0.481 e.